The standard InChI is InChI=1S/C9H10ClN5/c1-2-3-7-8(10)12-5-13-9(7)15-6-11-4-14-15/h4-6H,2-3H2,1H3. The lowest BCUT2D eigenvalue weighted by Gasteiger charge is -2.07. The van der Waals surface area contributed by atoms with Gasteiger partial charge in [0.15, 0.2) is 5.82 Å². The van der Waals surface area contributed by atoms with Crippen molar-refractivity contribution in [2.75, 3.05) is 0 Å². The Balaban J connectivity index is 2.51. The second kappa shape index (κ2) is 4.35. The molecule has 0 bridgehead atoms. The van der Waals surface area contributed by atoms with E-state index in [2.05, 4.69) is 27.0 Å². The number of halogens is 1. The molecule has 0 atom stereocenters. The topological polar surface area (TPSA) is 56.5 Å². The van der Waals surface area contributed by atoms with Crippen LogP contribution in [0, 0.1) is 0 Å². The van der Waals surface area contributed by atoms with E-state index in [1.165, 1.54) is 12.7 Å². The molecule has 0 fully saturated rings. The van der Waals surface area contributed by atoms with E-state index in [-0.39, 0.29) is 0 Å². The summed E-state index contributed by atoms with van der Waals surface area (Å²) >= 11 is 6.01. The maximum Gasteiger partial charge on any atom is 0.163 e. The first-order chi connectivity index (χ1) is 7.33. The van der Waals surface area contributed by atoms with Gasteiger partial charge in [-0.15, -0.1) is 0 Å². The van der Waals surface area contributed by atoms with Crippen molar-refractivity contribution in [2.45, 2.75) is 19.8 Å². The molecule has 2 rings (SSSR count). The molecular weight excluding hydrogens is 214 g/mol. The number of hydrogen-bond acceptors (Lipinski definition) is 4. The van der Waals surface area contributed by atoms with Gasteiger partial charge < -0.3 is 0 Å². The molecule has 0 spiro atoms. The Morgan fingerprint density at radius 1 is 1.33 bits per heavy atom. The lowest BCUT2D eigenvalue weighted by molar-refractivity contribution is 0.797. The summed E-state index contributed by atoms with van der Waals surface area (Å²) in [6.45, 7) is 2.08. The second-order valence-corrected chi connectivity index (χ2v) is 3.41. The molecule has 6 heteroatoms. The maximum absolute atomic E-state index is 6.01. The first-order valence-electron chi connectivity index (χ1n) is 4.67. The van der Waals surface area contributed by atoms with Gasteiger partial charge in [0.25, 0.3) is 0 Å². The zero-order valence-electron chi connectivity index (χ0n) is 8.26. The molecule has 0 unspecified atom stereocenters. The highest BCUT2D eigenvalue weighted by atomic mass is 35.5. The van der Waals surface area contributed by atoms with Crippen LogP contribution >= 0.6 is 11.6 Å². The van der Waals surface area contributed by atoms with Gasteiger partial charge in [0, 0.05) is 5.56 Å². The molecule has 0 aromatic carbocycles. The van der Waals surface area contributed by atoms with E-state index in [1.807, 2.05) is 0 Å². The fourth-order valence-corrected chi connectivity index (χ4v) is 1.58. The Bertz CT molecular complexity index is 440. The summed E-state index contributed by atoms with van der Waals surface area (Å²) in [6, 6.07) is 0. The van der Waals surface area contributed by atoms with Crippen LogP contribution < -0.4 is 0 Å². The van der Waals surface area contributed by atoms with Gasteiger partial charge in [-0.05, 0) is 6.42 Å². The van der Waals surface area contributed by atoms with Gasteiger partial charge in [-0.25, -0.2) is 19.6 Å². The summed E-state index contributed by atoms with van der Waals surface area (Å²) in [5, 5.41) is 4.51. The van der Waals surface area contributed by atoms with Crippen LogP contribution in [0.5, 0.6) is 0 Å². The Morgan fingerprint density at radius 3 is 2.87 bits per heavy atom. The Kier molecular flexibility index (Phi) is 2.91. The van der Waals surface area contributed by atoms with Crippen molar-refractivity contribution < 1.29 is 0 Å². The highest BCUT2D eigenvalue weighted by Crippen LogP contribution is 2.19. The van der Waals surface area contributed by atoms with Crippen LogP contribution in [0.25, 0.3) is 5.82 Å². The van der Waals surface area contributed by atoms with Crippen LogP contribution in [-0.2, 0) is 6.42 Å². The predicted octanol–water partition coefficient (Wildman–Crippen LogP) is 1.66. The minimum atomic E-state index is 0.484. The molecule has 0 amide bonds. The van der Waals surface area contributed by atoms with Gasteiger partial charge in [0.05, 0.1) is 0 Å². The minimum Gasteiger partial charge on any atom is -0.224 e. The number of rotatable bonds is 3. The van der Waals surface area contributed by atoms with Crippen molar-refractivity contribution in [1.82, 2.24) is 24.7 Å². The lowest BCUT2D eigenvalue weighted by Crippen LogP contribution is -2.05. The minimum absolute atomic E-state index is 0.484. The highest BCUT2D eigenvalue weighted by Gasteiger charge is 2.10. The average molecular weight is 224 g/mol. The third-order valence-corrected chi connectivity index (χ3v) is 2.33. The molecule has 0 saturated heterocycles. The van der Waals surface area contributed by atoms with Crippen molar-refractivity contribution in [2.24, 2.45) is 0 Å². The van der Waals surface area contributed by atoms with Crippen LogP contribution in [0.3, 0.4) is 0 Å². The summed E-state index contributed by atoms with van der Waals surface area (Å²) in [4.78, 5) is 12.0. The molecule has 0 aliphatic carbocycles. The van der Waals surface area contributed by atoms with Crippen LogP contribution in [0.4, 0.5) is 0 Å². The first-order valence-corrected chi connectivity index (χ1v) is 5.05. The van der Waals surface area contributed by atoms with Gasteiger partial charge >= 0.3 is 0 Å². The number of hydrogen-bond donors (Lipinski definition) is 0. The monoisotopic (exact) mass is 223 g/mol. The van der Waals surface area contributed by atoms with Gasteiger partial charge in [0.2, 0.25) is 0 Å². The molecule has 15 heavy (non-hydrogen) atoms. The van der Waals surface area contributed by atoms with E-state index >= 15 is 0 Å². The zero-order chi connectivity index (χ0) is 10.7. The van der Waals surface area contributed by atoms with Crippen LogP contribution in [0.2, 0.25) is 5.15 Å². The van der Waals surface area contributed by atoms with Crippen molar-refractivity contribution >= 4 is 11.6 Å². The van der Waals surface area contributed by atoms with Gasteiger partial charge in [0.1, 0.15) is 24.1 Å². The van der Waals surface area contributed by atoms with E-state index in [0.717, 1.165) is 18.4 Å². The number of aromatic nitrogens is 5. The third-order valence-electron chi connectivity index (χ3n) is 2.01. The molecule has 2 aromatic rings. The zero-order valence-corrected chi connectivity index (χ0v) is 9.02. The molecule has 0 aliphatic heterocycles. The molecule has 78 valence electrons. The van der Waals surface area contributed by atoms with Crippen LogP contribution in [0.1, 0.15) is 18.9 Å². The molecule has 2 aromatic heterocycles. The van der Waals surface area contributed by atoms with E-state index in [1.54, 1.807) is 11.0 Å². The summed E-state index contributed by atoms with van der Waals surface area (Å²) in [5.41, 5.74) is 0.909. The van der Waals surface area contributed by atoms with Crippen LogP contribution in [-0.4, -0.2) is 24.7 Å². The van der Waals surface area contributed by atoms with E-state index in [0.29, 0.717) is 11.0 Å². The summed E-state index contributed by atoms with van der Waals surface area (Å²) in [5.74, 6) is 0.703. The molecule has 0 radical (unpaired) electrons. The van der Waals surface area contributed by atoms with Gasteiger partial charge in [-0.2, -0.15) is 5.10 Å². The summed E-state index contributed by atoms with van der Waals surface area (Å²) < 4.78 is 1.60. The fraction of sp³-hybridized carbons (Fsp3) is 0.333. The second-order valence-electron chi connectivity index (χ2n) is 3.06. The Morgan fingerprint density at radius 2 is 2.20 bits per heavy atom. The molecule has 5 nitrogen and oxygen atoms in total. The quantitative estimate of drug-likeness (QED) is 0.743. The highest BCUT2D eigenvalue weighted by molar-refractivity contribution is 6.30. The van der Waals surface area contributed by atoms with Crippen molar-refractivity contribution in [3.8, 4) is 5.82 Å². The van der Waals surface area contributed by atoms with E-state index < -0.39 is 0 Å². The molecular formula is C9H10ClN5. The van der Waals surface area contributed by atoms with E-state index in [9.17, 15) is 0 Å². The summed E-state index contributed by atoms with van der Waals surface area (Å²) in [6.07, 6.45) is 6.30. The third kappa shape index (κ3) is 1.97. The average Bonchev–Trinajstić information content (AvgIpc) is 2.74. The largest absolute Gasteiger partial charge is 0.224 e. The van der Waals surface area contributed by atoms with Crippen LogP contribution in [0.15, 0.2) is 19.0 Å². The first kappa shape index (κ1) is 10.0. The van der Waals surface area contributed by atoms with Crippen molar-refractivity contribution in [1.29, 1.82) is 0 Å². The smallest absolute Gasteiger partial charge is 0.163 e. The lowest BCUT2D eigenvalue weighted by atomic mass is 10.2. The Hall–Kier alpha value is -1.49. The molecule has 2 heterocycles. The Labute approximate surface area is 92.2 Å². The van der Waals surface area contributed by atoms with E-state index in [4.69, 9.17) is 11.6 Å². The predicted molar refractivity (Wildman–Crippen MR) is 56.0 cm³/mol. The summed E-state index contributed by atoms with van der Waals surface area (Å²) in [7, 11) is 0. The fourth-order valence-electron chi connectivity index (χ4n) is 1.36. The van der Waals surface area contributed by atoms with Crippen molar-refractivity contribution in [3.63, 3.8) is 0 Å². The maximum atomic E-state index is 6.01. The molecule has 0 aliphatic rings. The van der Waals surface area contributed by atoms with Gasteiger partial charge in [-0.3, -0.25) is 0 Å². The normalized spacial score (nSPS) is 10.5. The van der Waals surface area contributed by atoms with Gasteiger partial charge in [-0.1, -0.05) is 24.9 Å². The van der Waals surface area contributed by atoms with Crippen molar-refractivity contribution in [3.05, 3.63) is 29.7 Å². The molecule has 0 N–H and O–H groups in total. The number of nitrogens with zero attached hydrogens (tertiary/aromatic N) is 5. The molecule has 0 saturated carbocycles. The SMILES string of the molecule is CCCc1c(Cl)ncnc1-n1cncn1.